The highest BCUT2D eigenvalue weighted by molar-refractivity contribution is 5.89. The first-order valence-electron chi connectivity index (χ1n) is 8.98. The van der Waals surface area contributed by atoms with Gasteiger partial charge in [0.1, 0.15) is 6.04 Å². The SMILES string of the molecule is O=C1NC(c2ccccc2)C1N(Cc1ccccc1)Cc1ccccc1. The molecule has 1 fully saturated rings. The van der Waals surface area contributed by atoms with Crippen LogP contribution in [0.15, 0.2) is 91.0 Å². The molecule has 0 aromatic heterocycles. The molecule has 1 saturated heterocycles. The first kappa shape index (κ1) is 16.6. The van der Waals surface area contributed by atoms with Crippen molar-refractivity contribution in [1.29, 1.82) is 0 Å². The van der Waals surface area contributed by atoms with Crippen molar-refractivity contribution in [3.8, 4) is 0 Å². The van der Waals surface area contributed by atoms with Crippen molar-refractivity contribution in [3.05, 3.63) is 108 Å². The van der Waals surface area contributed by atoms with Crippen molar-refractivity contribution in [2.75, 3.05) is 0 Å². The molecule has 1 aliphatic rings. The van der Waals surface area contributed by atoms with E-state index in [1.807, 2.05) is 54.6 Å². The number of nitrogens with zero attached hydrogens (tertiary/aromatic N) is 1. The van der Waals surface area contributed by atoms with Crippen LogP contribution in [0.4, 0.5) is 0 Å². The van der Waals surface area contributed by atoms with Crippen LogP contribution in [-0.2, 0) is 17.9 Å². The molecule has 130 valence electrons. The minimum Gasteiger partial charge on any atom is -0.346 e. The number of carbonyl (C=O) groups is 1. The predicted molar refractivity (Wildman–Crippen MR) is 103 cm³/mol. The van der Waals surface area contributed by atoms with Crippen LogP contribution in [0.1, 0.15) is 22.7 Å². The highest BCUT2D eigenvalue weighted by Gasteiger charge is 2.44. The van der Waals surface area contributed by atoms with E-state index in [1.165, 1.54) is 11.1 Å². The summed E-state index contributed by atoms with van der Waals surface area (Å²) >= 11 is 0. The summed E-state index contributed by atoms with van der Waals surface area (Å²) in [5.41, 5.74) is 3.59. The summed E-state index contributed by atoms with van der Waals surface area (Å²) in [6.45, 7) is 1.49. The van der Waals surface area contributed by atoms with Gasteiger partial charge in [-0.1, -0.05) is 91.0 Å². The minimum atomic E-state index is -0.155. The summed E-state index contributed by atoms with van der Waals surface area (Å²) < 4.78 is 0. The normalized spacial score (nSPS) is 19.0. The number of hydrogen-bond donors (Lipinski definition) is 1. The molecule has 0 radical (unpaired) electrons. The van der Waals surface area contributed by atoms with E-state index in [-0.39, 0.29) is 18.0 Å². The summed E-state index contributed by atoms with van der Waals surface area (Å²) in [5, 5.41) is 3.08. The minimum absolute atomic E-state index is 0.0381. The molecule has 4 rings (SSSR count). The molecule has 0 saturated carbocycles. The summed E-state index contributed by atoms with van der Waals surface area (Å²) in [6, 6.07) is 30.8. The number of β-lactam (4-membered cyclic amide) rings is 1. The summed E-state index contributed by atoms with van der Waals surface area (Å²) in [7, 11) is 0. The molecule has 1 aliphatic heterocycles. The maximum Gasteiger partial charge on any atom is 0.240 e. The van der Waals surface area contributed by atoms with Crippen LogP contribution >= 0.6 is 0 Å². The molecule has 3 aromatic carbocycles. The number of nitrogens with one attached hydrogen (secondary N) is 1. The topological polar surface area (TPSA) is 32.3 Å². The van der Waals surface area contributed by atoms with Crippen LogP contribution in [0.5, 0.6) is 0 Å². The van der Waals surface area contributed by atoms with Gasteiger partial charge in [0.05, 0.1) is 6.04 Å². The van der Waals surface area contributed by atoms with Crippen molar-refractivity contribution in [3.63, 3.8) is 0 Å². The third-order valence-electron chi connectivity index (χ3n) is 4.89. The average molecular weight is 342 g/mol. The molecule has 1 amide bonds. The van der Waals surface area contributed by atoms with Crippen LogP contribution in [0.2, 0.25) is 0 Å². The van der Waals surface area contributed by atoms with Crippen LogP contribution in [-0.4, -0.2) is 16.8 Å². The lowest BCUT2D eigenvalue weighted by Crippen LogP contribution is -2.63. The van der Waals surface area contributed by atoms with Crippen LogP contribution in [0.25, 0.3) is 0 Å². The van der Waals surface area contributed by atoms with E-state index < -0.39 is 0 Å². The van der Waals surface area contributed by atoms with Crippen molar-refractivity contribution in [2.24, 2.45) is 0 Å². The second kappa shape index (κ2) is 7.54. The molecule has 0 aliphatic carbocycles. The Hall–Kier alpha value is -2.91. The van der Waals surface area contributed by atoms with Gasteiger partial charge in [0.25, 0.3) is 0 Å². The third-order valence-corrected chi connectivity index (χ3v) is 4.89. The third kappa shape index (κ3) is 3.53. The summed E-state index contributed by atoms with van der Waals surface area (Å²) in [6.07, 6.45) is 0. The lowest BCUT2D eigenvalue weighted by atomic mass is 9.89. The van der Waals surface area contributed by atoms with E-state index >= 15 is 0 Å². The van der Waals surface area contributed by atoms with Gasteiger partial charge in [-0.05, 0) is 16.7 Å². The molecule has 3 nitrogen and oxygen atoms in total. The van der Waals surface area contributed by atoms with Crippen molar-refractivity contribution < 1.29 is 4.79 Å². The van der Waals surface area contributed by atoms with Crippen molar-refractivity contribution >= 4 is 5.91 Å². The van der Waals surface area contributed by atoms with E-state index in [4.69, 9.17) is 0 Å². The predicted octanol–water partition coefficient (Wildman–Crippen LogP) is 3.93. The van der Waals surface area contributed by atoms with Gasteiger partial charge in [0.15, 0.2) is 0 Å². The fourth-order valence-electron chi connectivity index (χ4n) is 3.56. The molecule has 1 N–H and O–H groups in total. The molecule has 26 heavy (non-hydrogen) atoms. The Balaban J connectivity index is 1.61. The van der Waals surface area contributed by atoms with Gasteiger partial charge in [-0.15, -0.1) is 0 Å². The van der Waals surface area contributed by atoms with Gasteiger partial charge >= 0.3 is 0 Å². The zero-order valence-corrected chi connectivity index (χ0v) is 14.6. The monoisotopic (exact) mass is 342 g/mol. The Morgan fingerprint density at radius 1 is 0.692 bits per heavy atom. The zero-order valence-electron chi connectivity index (χ0n) is 14.6. The number of carbonyl (C=O) groups excluding carboxylic acids is 1. The van der Waals surface area contributed by atoms with E-state index in [0.29, 0.717) is 0 Å². The maximum absolute atomic E-state index is 12.5. The van der Waals surface area contributed by atoms with Crippen molar-refractivity contribution in [1.82, 2.24) is 10.2 Å². The molecular formula is C23H22N2O. The standard InChI is InChI=1S/C23H22N2O/c26-23-22(21(24-23)20-14-8-3-9-15-20)25(16-18-10-4-1-5-11-18)17-19-12-6-2-7-13-19/h1-15,21-22H,16-17H2,(H,24,26). The average Bonchev–Trinajstić information content (AvgIpc) is 2.68. The molecular weight excluding hydrogens is 320 g/mol. The number of hydrogen-bond acceptors (Lipinski definition) is 2. The second-order valence-corrected chi connectivity index (χ2v) is 6.72. The van der Waals surface area contributed by atoms with E-state index in [2.05, 4.69) is 46.6 Å². The number of rotatable bonds is 6. The van der Waals surface area contributed by atoms with Gasteiger partial charge in [0, 0.05) is 13.1 Å². The fraction of sp³-hybridized carbons (Fsp3) is 0.174. The van der Waals surface area contributed by atoms with Crippen LogP contribution in [0, 0.1) is 0 Å². The summed E-state index contributed by atoms with van der Waals surface area (Å²) in [4.78, 5) is 14.8. The lowest BCUT2D eigenvalue weighted by Gasteiger charge is -2.44. The Labute approximate surface area is 154 Å². The van der Waals surface area contributed by atoms with Gasteiger partial charge in [0.2, 0.25) is 5.91 Å². The first-order chi connectivity index (χ1) is 12.8. The lowest BCUT2D eigenvalue weighted by molar-refractivity contribution is -0.138. The molecule has 3 heteroatoms. The zero-order chi connectivity index (χ0) is 17.8. The molecule has 3 aromatic rings. The Morgan fingerprint density at radius 3 is 1.62 bits per heavy atom. The molecule has 2 unspecified atom stereocenters. The number of benzene rings is 3. The van der Waals surface area contributed by atoms with E-state index in [9.17, 15) is 4.79 Å². The molecule has 1 heterocycles. The van der Waals surface area contributed by atoms with Gasteiger partial charge < -0.3 is 5.32 Å². The highest BCUT2D eigenvalue weighted by atomic mass is 16.2. The highest BCUT2D eigenvalue weighted by Crippen LogP contribution is 2.31. The van der Waals surface area contributed by atoms with Crippen LogP contribution < -0.4 is 5.32 Å². The van der Waals surface area contributed by atoms with Gasteiger partial charge in [-0.2, -0.15) is 0 Å². The first-order valence-corrected chi connectivity index (χ1v) is 8.98. The Morgan fingerprint density at radius 2 is 1.15 bits per heavy atom. The van der Waals surface area contributed by atoms with Crippen LogP contribution in [0.3, 0.4) is 0 Å². The fourth-order valence-corrected chi connectivity index (χ4v) is 3.56. The van der Waals surface area contributed by atoms with Crippen molar-refractivity contribution in [2.45, 2.75) is 25.2 Å². The van der Waals surface area contributed by atoms with E-state index in [1.54, 1.807) is 0 Å². The van der Waals surface area contributed by atoms with Gasteiger partial charge in [-0.3, -0.25) is 9.69 Å². The van der Waals surface area contributed by atoms with Gasteiger partial charge in [-0.25, -0.2) is 0 Å². The van der Waals surface area contributed by atoms with E-state index in [0.717, 1.165) is 18.7 Å². The Bertz CT molecular complexity index is 808. The summed E-state index contributed by atoms with van der Waals surface area (Å²) in [5.74, 6) is 0.103. The Kier molecular flexibility index (Phi) is 4.80. The largest absolute Gasteiger partial charge is 0.346 e. The molecule has 0 bridgehead atoms. The maximum atomic E-state index is 12.5. The smallest absolute Gasteiger partial charge is 0.240 e. The second-order valence-electron chi connectivity index (χ2n) is 6.72. The number of amides is 1. The quantitative estimate of drug-likeness (QED) is 0.689. The molecule has 0 spiro atoms. The molecule has 2 atom stereocenters.